The van der Waals surface area contributed by atoms with Gasteiger partial charge in [-0.25, -0.2) is 4.79 Å². The van der Waals surface area contributed by atoms with Crippen molar-refractivity contribution in [2.75, 3.05) is 39.3 Å². The van der Waals surface area contributed by atoms with Gasteiger partial charge in [0, 0.05) is 31.5 Å². The van der Waals surface area contributed by atoms with Crippen LogP contribution >= 0.6 is 0 Å². The molecule has 1 aromatic rings. The molecule has 6 nitrogen and oxygen atoms in total. The number of amides is 2. The highest BCUT2D eigenvalue weighted by Crippen LogP contribution is 2.29. The van der Waals surface area contributed by atoms with Crippen LogP contribution in [0, 0.1) is 0 Å². The largest absolute Gasteiger partial charge is 0.493 e. The quantitative estimate of drug-likeness (QED) is 0.652. The fraction of sp³-hybridized carbons (Fsp3) is 0.562. The Balaban J connectivity index is 2.27. The van der Waals surface area contributed by atoms with Crippen LogP contribution in [0.4, 0.5) is 10.5 Å². The second-order valence-corrected chi connectivity index (χ2v) is 4.77. The number of benzene rings is 1. The van der Waals surface area contributed by atoms with E-state index in [0.717, 1.165) is 25.9 Å². The van der Waals surface area contributed by atoms with Crippen molar-refractivity contribution in [1.82, 2.24) is 5.32 Å². The average Bonchev–Trinajstić information content (AvgIpc) is 2.53. The van der Waals surface area contributed by atoms with Gasteiger partial charge in [0.15, 0.2) is 11.5 Å². The molecule has 0 saturated carbocycles. The van der Waals surface area contributed by atoms with Gasteiger partial charge < -0.3 is 24.8 Å². The Morgan fingerprint density at radius 3 is 2.50 bits per heavy atom. The highest BCUT2D eigenvalue weighted by Gasteiger charge is 2.06. The van der Waals surface area contributed by atoms with Crippen LogP contribution in [-0.2, 0) is 4.74 Å². The summed E-state index contributed by atoms with van der Waals surface area (Å²) < 4.78 is 15.8. The summed E-state index contributed by atoms with van der Waals surface area (Å²) >= 11 is 0. The minimum absolute atomic E-state index is 0.249. The first kappa shape index (κ1) is 18.1. The van der Waals surface area contributed by atoms with E-state index in [1.807, 2.05) is 0 Å². The number of hydrogen-bond acceptors (Lipinski definition) is 4. The second kappa shape index (κ2) is 10.7. The molecule has 0 heterocycles. The Labute approximate surface area is 132 Å². The fourth-order valence-electron chi connectivity index (χ4n) is 1.81. The lowest BCUT2D eigenvalue weighted by atomic mass is 10.3. The van der Waals surface area contributed by atoms with Crippen LogP contribution in [0.15, 0.2) is 18.2 Å². The van der Waals surface area contributed by atoms with Crippen molar-refractivity contribution >= 4 is 11.7 Å². The van der Waals surface area contributed by atoms with E-state index in [4.69, 9.17) is 14.2 Å². The fourth-order valence-corrected chi connectivity index (χ4v) is 1.81. The molecule has 1 aromatic carbocycles. The van der Waals surface area contributed by atoms with E-state index in [2.05, 4.69) is 17.6 Å². The summed E-state index contributed by atoms with van der Waals surface area (Å²) in [6, 6.07) is 4.97. The summed E-state index contributed by atoms with van der Waals surface area (Å²) in [6.07, 6.45) is 3.00. The van der Waals surface area contributed by atoms with Gasteiger partial charge >= 0.3 is 6.03 Å². The SMILES string of the molecule is CCCCOCCCNC(=O)Nc1ccc(OC)c(OC)c1. The number of hydrogen-bond donors (Lipinski definition) is 2. The summed E-state index contributed by atoms with van der Waals surface area (Å²) in [7, 11) is 3.13. The summed E-state index contributed by atoms with van der Waals surface area (Å²) in [5.41, 5.74) is 0.648. The van der Waals surface area contributed by atoms with E-state index >= 15 is 0 Å². The van der Waals surface area contributed by atoms with E-state index in [-0.39, 0.29) is 6.03 Å². The number of carbonyl (C=O) groups is 1. The molecule has 6 heteroatoms. The van der Waals surface area contributed by atoms with Crippen molar-refractivity contribution in [1.29, 1.82) is 0 Å². The molecule has 0 aliphatic carbocycles. The average molecular weight is 310 g/mol. The monoisotopic (exact) mass is 310 g/mol. The van der Waals surface area contributed by atoms with E-state index in [0.29, 0.717) is 30.3 Å². The first-order valence-corrected chi connectivity index (χ1v) is 7.55. The van der Waals surface area contributed by atoms with Gasteiger partial charge in [-0.3, -0.25) is 0 Å². The van der Waals surface area contributed by atoms with Crippen molar-refractivity contribution in [3.05, 3.63) is 18.2 Å². The standard InChI is InChI=1S/C16H26N2O4/c1-4-5-10-22-11-6-9-17-16(19)18-13-7-8-14(20-2)15(12-13)21-3/h7-8,12H,4-6,9-11H2,1-3H3,(H2,17,18,19). The molecule has 0 radical (unpaired) electrons. The lowest BCUT2D eigenvalue weighted by Crippen LogP contribution is -2.30. The van der Waals surface area contributed by atoms with Gasteiger partial charge in [0.05, 0.1) is 14.2 Å². The van der Waals surface area contributed by atoms with Gasteiger partial charge in [-0.1, -0.05) is 13.3 Å². The zero-order chi connectivity index (χ0) is 16.2. The zero-order valence-electron chi connectivity index (χ0n) is 13.6. The molecule has 0 saturated heterocycles. The molecule has 0 aromatic heterocycles. The molecule has 0 aliphatic rings. The smallest absolute Gasteiger partial charge is 0.319 e. The van der Waals surface area contributed by atoms with Crippen LogP contribution < -0.4 is 20.1 Å². The third kappa shape index (κ3) is 6.67. The number of carbonyl (C=O) groups excluding carboxylic acids is 1. The number of rotatable bonds is 10. The molecule has 0 fully saturated rings. The first-order valence-electron chi connectivity index (χ1n) is 7.55. The number of ether oxygens (including phenoxy) is 3. The predicted molar refractivity (Wildman–Crippen MR) is 86.9 cm³/mol. The van der Waals surface area contributed by atoms with Crippen molar-refractivity contribution < 1.29 is 19.0 Å². The van der Waals surface area contributed by atoms with Crippen molar-refractivity contribution in [2.45, 2.75) is 26.2 Å². The Morgan fingerprint density at radius 2 is 1.82 bits per heavy atom. The van der Waals surface area contributed by atoms with Gasteiger partial charge in [-0.15, -0.1) is 0 Å². The molecule has 0 atom stereocenters. The van der Waals surface area contributed by atoms with E-state index in [1.165, 1.54) is 0 Å². The van der Waals surface area contributed by atoms with Crippen molar-refractivity contribution in [3.63, 3.8) is 0 Å². The molecule has 0 bridgehead atoms. The lowest BCUT2D eigenvalue weighted by Gasteiger charge is -2.11. The van der Waals surface area contributed by atoms with Crippen LogP contribution in [-0.4, -0.2) is 40.0 Å². The molecule has 2 N–H and O–H groups in total. The second-order valence-electron chi connectivity index (χ2n) is 4.77. The lowest BCUT2D eigenvalue weighted by molar-refractivity contribution is 0.129. The predicted octanol–water partition coefficient (Wildman–Crippen LogP) is 3.03. The van der Waals surface area contributed by atoms with Gasteiger partial charge in [-0.05, 0) is 25.0 Å². The minimum atomic E-state index is -0.249. The maximum atomic E-state index is 11.8. The van der Waals surface area contributed by atoms with E-state index in [1.54, 1.807) is 32.4 Å². The Hall–Kier alpha value is -1.95. The van der Waals surface area contributed by atoms with Crippen LogP contribution in [0.3, 0.4) is 0 Å². The number of anilines is 1. The Kier molecular flexibility index (Phi) is 8.83. The van der Waals surface area contributed by atoms with E-state index < -0.39 is 0 Å². The molecular weight excluding hydrogens is 284 g/mol. The highest BCUT2D eigenvalue weighted by molar-refractivity contribution is 5.89. The highest BCUT2D eigenvalue weighted by atomic mass is 16.5. The molecule has 2 amide bonds. The topological polar surface area (TPSA) is 68.8 Å². The molecule has 124 valence electrons. The first-order chi connectivity index (χ1) is 10.7. The summed E-state index contributed by atoms with van der Waals surface area (Å²) in [6.45, 7) is 4.15. The molecule has 22 heavy (non-hydrogen) atoms. The Morgan fingerprint density at radius 1 is 1.09 bits per heavy atom. The molecule has 0 spiro atoms. The molecular formula is C16H26N2O4. The van der Waals surface area contributed by atoms with Crippen LogP contribution in [0.2, 0.25) is 0 Å². The third-order valence-corrected chi connectivity index (χ3v) is 3.03. The van der Waals surface area contributed by atoms with Crippen molar-refractivity contribution in [3.8, 4) is 11.5 Å². The normalized spacial score (nSPS) is 10.1. The van der Waals surface area contributed by atoms with Gasteiger partial charge in [0.1, 0.15) is 0 Å². The maximum absolute atomic E-state index is 11.8. The van der Waals surface area contributed by atoms with Crippen LogP contribution in [0.1, 0.15) is 26.2 Å². The van der Waals surface area contributed by atoms with Crippen LogP contribution in [0.5, 0.6) is 11.5 Å². The maximum Gasteiger partial charge on any atom is 0.319 e. The summed E-state index contributed by atoms with van der Waals surface area (Å²) in [5.74, 6) is 1.20. The number of unbranched alkanes of at least 4 members (excludes halogenated alkanes) is 1. The van der Waals surface area contributed by atoms with Gasteiger partial charge in [-0.2, -0.15) is 0 Å². The van der Waals surface area contributed by atoms with E-state index in [9.17, 15) is 4.79 Å². The van der Waals surface area contributed by atoms with Gasteiger partial charge in [0.25, 0.3) is 0 Å². The summed E-state index contributed by atoms with van der Waals surface area (Å²) in [5, 5.41) is 5.54. The minimum Gasteiger partial charge on any atom is -0.493 e. The number of methoxy groups -OCH3 is 2. The number of urea groups is 1. The molecule has 0 unspecified atom stereocenters. The zero-order valence-corrected chi connectivity index (χ0v) is 13.6. The summed E-state index contributed by atoms with van der Waals surface area (Å²) in [4.78, 5) is 11.8. The number of nitrogens with one attached hydrogen (secondary N) is 2. The van der Waals surface area contributed by atoms with Crippen molar-refractivity contribution in [2.24, 2.45) is 0 Å². The molecule has 1 rings (SSSR count). The van der Waals surface area contributed by atoms with Gasteiger partial charge in [0.2, 0.25) is 0 Å². The Bertz CT molecular complexity index is 452. The molecule has 0 aliphatic heterocycles. The third-order valence-electron chi connectivity index (χ3n) is 3.03. The van der Waals surface area contributed by atoms with Crippen LogP contribution in [0.25, 0.3) is 0 Å².